The maximum Gasteiger partial charge on any atom is 0.430 e. The summed E-state index contributed by atoms with van der Waals surface area (Å²) in [6.07, 6.45) is -12.6. The number of benzene rings is 3. The average molecular weight is 572 g/mol. The Labute approximate surface area is 225 Å². The van der Waals surface area contributed by atoms with E-state index in [1.807, 2.05) is 0 Å². The van der Waals surface area contributed by atoms with Crippen LogP contribution in [-0.4, -0.2) is 36.0 Å². The molecule has 0 saturated heterocycles. The maximum absolute atomic E-state index is 13.7. The Bertz CT molecular complexity index is 1310. The van der Waals surface area contributed by atoms with Gasteiger partial charge in [-0.1, -0.05) is 60.1 Å². The average Bonchev–Trinajstić information content (AvgIpc) is 3.05. The third-order valence-corrected chi connectivity index (χ3v) is 7.00. The number of fused-ring (bicyclic) bond motifs is 1. The molecule has 1 N–H and O–H groups in total. The number of nitrogens with zero attached hydrogens (tertiary/aromatic N) is 1. The van der Waals surface area contributed by atoms with E-state index in [2.05, 4.69) is 0 Å². The summed E-state index contributed by atoms with van der Waals surface area (Å²) in [7, 11) is 0. The van der Waals surface area contributed by atoms with E-state index in [1.54, 1.807) is 61.5 Å². The number of hydrogen-bond acceptors (Lipinski definition) is 3. The van der Waals surface area contributed by atoms with Crippen LogP contribution in [0.5, 0.6) is 5.75 Å². The van der Waals surface area contributed by atoms with Gasteiger partial charge in [-0.25, -0.2) is 0 Å². The summed E-state index contributed by atoms with van der Waals surface area (Å²) >= 11 is 6.04. The molecular formula is C28H24ClF6NO3. The number of amides is 1. The van der Waals surface area contributed by atoms with Crippen molar-refractivity contribution in [2.45, 2.75) is 49.7 Å². The second-order valence-electron chi connectivity index (χ2n) is 9.37. The lowest BCUT2D eigenvalue weighted by atomic mass is 9.89. The molecule has 0 aromatic heterocycles. The van der Waals surface area contributed by atoms with Gasteiger partial charge in [0, 0.05) is 16.3 Å². The van der Waals surface area contributed by atoms with E-state index in [0.717, 1.165) is 6.07 Å². The minimum Gasteiger partial charge on any atom is -0.489 e. The standard InChI is InChI=1S/C28H24ClF6NO3/c1-17(18-6-3-2-4-7-18)25(37)36-16-23(39-22-9-5-8-21(29)15-22)12-10-19-14-20(11-13-24(19)36)26(38,27(30,31)32)28(33,34)35/h2-9,11,13-15,17,23,38H,10,12,16H2,1H3. The van der Waals surface area contributed by atoms with E-state index >= 15 is 0 Å². The van der Waals surface area contributed by atoms with E-state index in [4.69, 9.17) is 16.3 Å². The number of hydrogen-bond donors (Lipinski definition) is 1. The van der Waals surface area contributed by atoms with Crippen molar-refractivity contribution < 1.29 is 41.0 Å². The van der Waals surface area contributed by atoms with Gasteiger partial charge in [-0.05, 0) is 55.2 Å². The van der Waals surface area contributed by atoms with Crippen molar-refractivity contribution in [3.05, 3.63) is 94.5 Å². The predicted octanol–water partition coefficient (Wildman–Crippen LogP) is 7.18. The van der Waals surface area contributed by atoms with Crippen LogP contribution in [0.25, 0.3) is 0 Å². The molecule has 0 spiro atoms. The molecule has 3 aromatic carbocycles. The summed E-state index contributed by atoms with van der Waals surface area (Å²) in [6, 6.07) is 17.5. The first kappa shape index (κ1) is 28.8. The first-order valence-corrected chi connectivity index (χ1v) is 12.4. The van der Waals surface area contributed by atoms with Gasteiger partial charge < -0.3 is 14.7 Å². The van der Waals surface area contributed by atoms with Gasteiger partial charge in [0.15, 0.2) is 0 Å². The van der Waals surface area contributed by atoms with Crippen molar-refractivity contribution in [1.82, 2.24) is 0 Å². The molecule has 3 aromatic rings. The highest BCUT2D eigenvalue weighted by molar-refractivity contribution is 6.30. The fourth-order valence-corrected chi connectivity index (χ4v) is 4.81. The van der Waals surface area contributed by atoms with Gasteiger partial charge in [-0.2, -0.15) is 26.3 Å². The topological polar surface area (TPSA) is 49.8 Å². The first-order valence-electron chi connectivity index (χ1n) is 12.0. The Balaban J connectivity index is 1.77. The predicted molar refractivity (Wildman–Crippen MR) is 134 cm³/mol. The number of aryl methyl sites for hydroxylation is 1. The smallest absolute Gasteiger partial charge is 0.430 e. The van der Waals surface area contributed by atoms with Gasteiger partial charge >= 0.3 is 12.4 Å². The van der Waals surface area contributed by atoms with Crippen molar-refractivity contribution >= 4 is 23.2 Å². The van der Waals surface area contributed by atoms with Crippen LogP contribution in [0.2, 0.25) is 5.02 Å². The molecule has 0 saturated carbocycles. The summed E-state index contributed by atoms with van der Waals surface area (Å²) in [6.45, 7) is 1.65. The highest BCUT2D eigenvalue weighted by Crippen LogP contribution is 2.51. The number of alkyl halides is 6. The minimum atomic E-state index is -6.03. The van der Waals surface area contributed by atoms with Crippen molar-refractivity contribution in [2.24, 2.45) is 0 Å². The van der Waals surface area contributed by atoms with Crippen LogP contribution in [0.3, 0.4) is 0 Å². The first-order chi connectivity index (χ1) is 18.2. The van der Waals surface area contributed by atoms with Crippen molar-refractivity contribution in [2.75, 3.05) is 11.4 Å². The number of rotatable bonds is 5. The van der Waals surface area contributed by atoms with E-state index in [0.29, 0.717) is 28.5 Å². The van der Waals surface area contributed by atoms with Gasteiger partial charge in [0.2, 0.25) is 5.91 Å². The van der Waals surface area contributed by atoms with Crippen molar-refractivity contribution in [1.29, 1.82) is 0 Å². The number of carbonyl (C=O) groups is 1. The van der Waals surface area contributed by atoms with Crippen LogP contribution in [0.4, 0.5) is 32.0 Å². The molecule has 2 unspecified atom stereocenters. The third-order valence-electron chi connectivity index (χ3n) is 6.77. The molecule has 11 heteroatoms. The van der Waals surface area contributed by atoms with Crippen LogP contribution < -0.4 is 9.64 Å². The molecule has 1 aliphatic heterocycles. The van der Waals surface area contributed by atoms with Gasteiger partial charge in [0.25, 0.3) is 5.60 Å². The molecule has 0 bridgehead atoms. The largest absolute Gasteiger partial charge is 0.489 e. The fourth-order valence-electron chi connectivity index (χ4n) is 4.63. The Morgan fingerprint density at radius 1 is 0.974 bits per heavy atom. The second kappa shape index (κ2) is 10.7. The molecule has 0 fully saturated rings. The lowest BCUT2D eigenvalue weighted by molar-refractivity contribution is -0.376. The molecule has 1 amide bonds. The number of aliphatic hydroxyl groups is 1. The molecule has 4 nitrogen and oxygen atoms in total. The van der Waals surface area contributed by atoms with Gasteiger partial charge in [0.05, 0.1) is 12.5 Å². The fraction of sp³-hybridized carbons (Fsp3) is 0.321. The van der Waals surface area contributed by atoms with Crippen LogP contribution >= 0.6 is 11.6 Å². The van der Waals surface area contributed by atoms with Crippen LogP contribution in [0.15, 0.2) is 72.8 Å². The SMILES string of the molecule is CC(C(=O)N1CC(Oc2cccc(Cl)c2)CCc2cc(C(O)(C(F)(F)F)C(F)(F)F)ccc21)c1ccccc1. The highest BCUT2D eigenvalue weighted by atomic mass is 35.5. The lowest BCUT2D eigenvalue weighted by Gasteiger charge is -2.34. The third kappa shape index (κ3) is 5.72. The number of halogens is 7. The van der Waals surface area contributed by atoms with Gasteiger partial charge in [-0.15, -0.1) is 0 Å². The molecule has 1 heterocycles. The zero-order valence-electron chi connectivity index (χ0n) is 20.6. The summed E-state index contributed by atoms with van der Waals surface area (Å²) in [5, 5.41) is 10.3. The molecule has 4 rings (SSSR count). The van der Waals surface area contributed by atoms with E-state index in [1.165, 1.54) is 4.90 Å². The summed E-state index contributed by atoms with van der Waals surface area (Å²) in [5.41, 5.74) is -5.58. The molecule has 208 valence electrons. The number of anilines is 1. The van der Waals surface area contributed by atoms with Crippen molar-refractivity contribution in [3.63, 3.8) is 0 Å². The molecular weight excluding hydrogens is 548 g/mol. The zero-order chi connectivity index (χ0) is 28.6. The molecule has 2 atom stereocenters. The lowest BCUT2D eigenvalue weighted by Crippen LogP contribution is -2.54. The summed E-state index contributed by atoms with van der Waals surface area (Å²) < 4.78 is 87.4. The summed E-state index contributed by atoms with van der Waals surface area (Å²) in [4.78, 5) is 15.0. The van der Waals surface area contributed by atoms with Crippen molar-refractivity contribution in [3.8, 4) is 5.75 Å². The van der Waals surface area contributed by atoms with Gasteiger partial charge in [-0.3, -0.25) is 4.79 Å². The maximum atomic E-state index is 13.7. The molecule has 39 heavy (non-hydrogen) atoms. The Kier molecular flexibility index (Phi) is 7.91. The van der Waals surface area contributed by atoms with Crippen LogP contribution in [-0.2, 0) is 16.8 Å². The highest BCUT2D eigenvalue weighted by Gasteiger charge is 2.71. The Morgan fingerprint density at radius 2 is 1.64 bits per heavy atom. The minimum absolute atomic E-state index is 0.0102. The zero-order valence-corrected chi connectivity index (χ0v) is 21.3. The molecule has 0 radical (unpaired) electrons. The summed E-state index contributed by atoms with van der Waals surface area (Å²) in [5.74, 6) is -0.698. The molecule has 1 aliphatic rings. The van der Waals surface area contributed by atoms with Gasteiger partial charge in [0.1, 0.15) is 11.9 Å². The number of ether oxygens (including phenoxy) is 1. The number of carbonyl (C=O) groups excluding carboxylic acids is 1. The Morgan fingerprint density at radius 3 is 2.26 bits per heavy atom. The monoisotopic (exact) mass is 571 g/mol. The quantitative estimate of drug-likeness (QED) is 0.330. The van der Waals surface area contributed by atoms with E-state index in [9.17, 15) is 36.2 Å². The second-order valence-corrected chi connectivity index (χ2v) is 9.80. The van der Waals surface area contributed by atoms with Crippen LogP contribution in [0, 0.1) is 0 Å². The Hall–Kier alpha value is -3.24. The molecule has 0 aliphatic carbocycles. The normalized spacial score (nSPS) is 17.3. The van der Waals surface area contributed by atoms with E-state index in [-0.39, 0.29) is 30.6 Å². The van der Waals surface area contributed by atoms with E-state index < -0.39 is 41.4 Å². The van der Waals surface area contributed by atoms with Crippen LogP contribution in [0.1, 0.15) is 36.0 Å².